The standard InChI is InChI=1S/C11H16N2O2S2/c1-16-11(3-2-4-11)7-12-5-8-6-17-9(13-8)10(14)15/h6,12H,2-5,7H2,1H3,(H,14,15). The molecule has 1 aliphatic carbocycles. The summed E-state index contributed by atoms with van der Waals surface area (Å²) in [5.74, 6) is -0.944. The second-order valence-corrected chi connectivity index (χ2v) is 6.43. The van der Waals surface area contributed by atoms with Crippen LogP contribution in [0.15, 0.2) is 5.38 Å². The molecule has 0 atom stereocenters. The SMILES string of the molecule is CSC1(CNCc2csc(C(=O)O)n2)CCC1. The molecular weight excluding hydrogens is 256 g/mol. The lowest BCUT2D eigenvalue weighted by Crippen LogP contribution is -2.43. The van der Waals surface area contributed by atoms with Crippen LogP contribution in [-0.2, 0) is 6.54 Å². The number of carbonyl (C=O) groups is 1. The lowest BCUT2D eigenvalue weighted by molar-refractivity contribution is 0.0696. The molecule has 1 fully saturated rings. The predicted molar refractivity (Wildman–Crippen MR) is 70.9 cm³/mol. The Morgan fingerprint density at radius 1 is 1.71 bits per heavy atom. The van der Waals surface area contributed by atoms with Gasteiger partial charge in [0.05, 0.1) is 5.69 Å². The van der Waals surface area contributed by atoms with E-state index in [1.165, 1.54) is 30.6 Å². The van der Waals surface area contributed by atoms with Crippen LogP contribution in [0.25, 0.3) is 0 Å². The molecule has 6 heteroatoms. The highest BCUT2D eigenvalue weighted by molar-refractivity contribution is 8.00. The van der Waals surface area contributed by atoms with Gasteiger partial charge in [-0.25, -0.2) is 9.78 Å². The molecule has 1 aromatic heterocycles. The zero-order valence-electron chi connectivity index (χ0n) is 9.73. The Morgan fingerprint density at radius 3 is 2.94 bits per heavy atom. The molecule has 0 unspecified atom stereocenters. The first kappa shape index (κ1) is 12.9. The molecule has 0 bridgehead atoms. The quantitative estimate of drug-likeness (QED) is 0.831. The minimum Gasteiger partial charge on any atom is -0.476 e. The number of aromatic nitrogens is 1. The van der Waals surface area contributed by atoms with E-state index in [0.717, 1.165) is 12.2 Å². The van der Waals surface area contributed by atoms with Crippen molar-refractivity contribution < 1.29 is 9.90 Å². The zero-order valence-corrected chi connectivity index (χ0v) is 11.4. The molecule has 1 aliphatic rings. The number of thioether (sulfide) groups is 1. The van der Waals surface area contributed by atoms with Crippen LogP contribution in [0, 0.1) is 0 Å². The van der Waals surface area contributed by atoms with E-state index in [9.17, 15) is 4.79 Å². The van der Waals surface area contributed by atoms with Gasteiger partial charge in [0.25, 0.3) is 0 Å². The van der Waals surface area contributed by atoms with Gasteiger partial charge in [-0.2, -0.15) is 11.8 Å². The minimum atomic E-state index is -0.944. The van der Waals surface area contributed by atoms with E-state index in [0.29, 0.717) is 11.3 Å². The summed E-state index contributed by atoms with van der Waals surface area (Å²) in [7, 11) is 0. The smallest absolute Gasteiger partial charge is 0.365 e. The molecule has 0 aromatic carbocycles. The van der Waals surface area contributed by atoms with E-state index in [1.54, 1.807) is 0 Å². The van der Waals surface area contributed by atoms with Crippen LogP contribution in [-0.4, -0.2) is 33.6 Å². The fourth-order valence-electron chi connectivity index (χ4n) is 1.93. The number of hydrogen-bond donors (Lipinski definition) is 2. The fourth-order valence-corrected chi connectivity index (χ4v) is 3.53. The van der Waals surface area contributed by atoms with Crippen LogP contribution in [0.5, 0.6) is 0 Å². The van der Waals surface area contributed by atoms with E-state index in [-0.39, 0.29) is 5.01 Å². The van der Waals surface area contributed by atoms with Crippen molar-refractivity contribution in [1.29, 1.82) is 0 Å². The molecule has 4 nitrogen and oxygen atoms in total. The van der Waals surface area contributed by atoms with Crippen LogP contribution in [0.2, 0.25) is 0 Å². The molecule has 1 saturated carbocycles. The summed E-state index contributed by atoms with van der Waals surface area (Å²) < 4.78 is 0.408. The molecule has 17 heavy (non-hydrogen) atoms. The number of rotatable bonds is 6. The van der Waals surface area contributed by atoms with Gasteiger partial charge in [-0.3, -0.25) is 0 Å². The minimum absolute atomic E-state index is 0.171. The summed E-state index contributed by atoms with van der Waals surface area (Å²) >= 11 is 3.12. The third-order valence-corrected chi connectivity index (χ3v) is 5.48. The van der Waals surface area contributed by atoms with Crippen molar-refractivity contribution in [3.63, 3.8) is 0 Å². The van der Waals surface area contributed by atoms with Gasteiger partial charge in [0, 0.05) is 23.2 Å². The molecule has 0 aliphatic heterocycles. The monoisotopic (exact) mass is 272 g/mol. The molecule has 0 radical (unpaired) electrons. The average molecular weight is 272 g/mol. The third kappa shape index (κ3) is 3.00. The number of hydrogen-bond acceptors (Lipinski definition) is 5. The second-order valence-electron chi connectivity index (χ2n) is 4.29. The highest BCUT2D eigenvalue weighted by Gasteiger charge is 2.35. The number of nitrogens with zero attached hydrogens (tertiary/aromatic N) is 1. The summed E-state index contributed by atoms with van der Waals surface area (Å²) in [5.41, 5.74) is 0.822. The first-order chi connectivity index (χ1) is 8.15. The first-order valence-corrected chi connectivity index (χ1v) is 7.69. The zero-order chi connectivity index (χ0) is 12.3. The number of aromatic carboxylic acids is 1. The number of carboxylic acids is 1. The summed E-state index contributed by atoms with van der Waals surface area (Å²) in [6.07, 6.45) is 6.03. The van der Waals surface area contributed by atoms with Crippen molar-refractivity contribution in [3.05, 3.63) is 16.1 Å². The van der Waals surface area contributed by atoms with E-state index in [2.05, 4.69) is 16.6 Å². The maximum absolute atomic E-state index is 10.7. The Balaban J connectivity index is 1.79. The van der Waals surface area contributed by atoms with Gasteiger partial charge in [0.2, 0.25) is 5.01 Å². The Morgan fingerprint density at radius 2 is 2.47 bits per heavy atom. The largest absolute Gasteiger partial charge is 0.476 e. The van der Waals surface area contributed by atoms with E-state index < -0.39 is 5.97 Å². The van der Waals surface area contributed by atoms with Crippen molar-refractivity contribution in [3.8, 4) is 0 Å². The summed E-state index contributed by atoms with van der Waals surface area (Å²) in [6.45, 7) is 1.64. The Kier molecular flexibility index (Phi) is 4.06. The van der Waals surface area contributed by atoms with E-state index in [1.807, 2.05) is 17.1 Å². The van der Waals surface area contributed by atoms with Crippen LogP contribution in [0.3, 0.4) is 0 Å². The average Bonchev–Trinajstić information content (AvgIpc) is 2.71. The van der Waals surface area contributed by atoms with Crippen LogP contribution >= 0.6 is 23.1 Å². The van der Waals surface area contributed by atoms with Crippen molar-refractivity contribution in [1.82, 2.24) is 10.3 Å². The molecule has 0 amide bonds. The van der Waals surface area contributed by atoms with Crippen molar-refractivity contribution in [2.45, 2.75) is 30.6 Å². The highest BCUT2D eigenvalue weighted by Crippen LogP contribution is 2.42. The highest BCUT2D eigenvalue weighted by atomic mass is 32.2. The maximum atomic E-state index is 10.7. The molecule has 2 N–H and O–H groups in total. The Hall–Kier alpha value is -0.590. The molecule has 94 valence electrons. The van der Waals surface area contributed by atoms with Crippen LogP contribution in [0.4, 0.5) is 0 Å². The first-order valence-electron chi connectivity index (χ1n) is 5.59. The number of carboxylic acid groups (broad SMARTS) is 1. The molecular formula is C11H16N2O2S2. The molecule has 0 spiro atoms. The van der Waals surface area contributed by atoms with Gasteiger partial charge in [-0.05, 0) is 19.1 Å². The Labute approximate surface area is 109 Å². The van der Waals surface area contributed by atoms with Crippen molar-refractivity contribution >= 4 is 29.1 Å². The van der Waals surface area contributed by atoms with E-state index in [4.69, 9.17) is 5.11 Å². The van der Waals surface area contributed by atoms with Gasteiger partial charge in [-0.1, -0.05) is 6.42 Å². The third-order valence-electron chi connectivity index (χ3n) is 3.19. The Bertz CT molecular complexity index is 396. The van der Waals surface area contributed by atoms with Crippen LogP contribution < -0.4 is 5.32 Å². The molecule has 1 aromatic rings. The van der Waals surface area contributed by atoms with Gasteiger partial charge in [-0.15, -0.1) is 11.3 Å². The van der Waals surface area contributed by atoms with E-state index >= 15 is 0 Å². The van der Waals surface area contributed by atoms with Gasteiger partial charge in [0.15, 0.2) is 0 Å². The van der Waals surface area contributed by atoms with Crippen molar-refractivity contribution in [2.24, 2.45) is 0 Å². The van der Waals surface area contributed by atoms with Gasteiger partial charge in [0.1, 0.15) is 0 Å². The lowest BCUT2D eigenvalue weighted by Gasteiger charge is -2.40. The lowest BCUT2D eigenvalue weighted by atomic mass is 9.84. The maximum Gasteiger partial charge on any atom is 0.365 e. The molecule has 0 saturated heterocycles. The second kappa shape index (κ2) is 5.37. The van der Waals surface area contributed by atoms with Gasteiger partial charge >= 0.3 is 5.97 Å². The molecule has 1 heterocycles. The van der Waals surface area contributed by atoms with Crippen molar-refractivity contribution in [2.75, 3.05) is 12.8 Å². The van der Waals surface area contributed by atoms with Gasteiger partial charge < -0.3 is 10.4 Å². The van der Waals surface area contributed by atoms with Crippen LogP contribution in [0.1, 0.15) is 34.8 Å². The fraction of sp³-hybridized carbons (Fsp3) is 0.636. The number of nitrogens with one attached hydrogen (secondary N) is 1. The summed E-state index contributed by atoms with van der Waals surface area (Å²) in [4.78, 5) is 14.7. The summed E-state index contributed by atoms with van der Waals surface area (Å²) in [6, 6.07) is 0. The number of thiazole rings is 1. The normalized spacial score (nSPS) is 17.7. The summed E-state index contributed by atoms with van der Waals surface area (Å²) in [5, 5.41) is 14.1. The predicted octanol–water partition coefficient (Wildman–Crippen LogP) is 2.22. The molecule has 2 rings (SSSR count). The topological polar surface area (TPSA) is 62.2 Å².